The summed E-state index contributed by atoms with van der Waals surface area (Å²) in [6, 6.07) is 0. The molecule has 0 unspecified atom stereocenters. The Kier molecular flexibility index (Phi) is 4.93. The van der Waals surface area contributed by atoms with Crippen molar-refractivity contribution in [2.75, 3.05) is 38.3 Å². The molecule has 0 atom stereocenters. The van der Waals surface area contributed by atoms with Crippen LogP contribution in [-0.4, -0.2) is 48.5 Å². The molecule has 138 valence electrons. The van der Waals surface area contributed by atoms with Crippen molar-refractivity contribution in [2.45, 2.75) is 57.5 Å². The lowest BCUT2D eigenvalue weighted by Crippen LogP contribution is -2.43. The molecule has 1 saturated heterocycles. The summed E-state index contributed by atoms with van der Waals surface area (Å²) in [6.45, 7) is 4.20. The number of aromatic nitrogens is 2. The number of aliphatic hydroxyl groups is 1. The van der Waals surface area contributed by atoms with E-state index in [1.807, 2.05) is 0 Å². The molecule has 25 heavy (non-hydrogen) atoms. The first-order valence-corrected chi connectivity index (χ1v) is 9.71. The summed E-state index contributed by atoms with van der Waals surface area (Å²) in [7, 11) is 2.12. The maximum absolute atomic E-state index is 10.0. The molecule has 2 N–H and O–H groups in total. The first kappa shape index (κ1) is 17.2. The number of ether oxygens (including phenoxy) is 1. The average Bonchev–Trinajstić information content (AvgIpc) is 3.33. The smallest absolute Gasteiger partial charge is 0.136 e. The number of hydrogen-bond acceptors (Lipinski definition) is 6. The van der Waals surface area contributed by atoms with Crippen LogP contribution in [0.5, 0.6) is 0 Å². The van der Waals surface area contributed by atoms with E-state index >= 15 is 0 Å². The van der Waals surface area contributed by atoms with Crippen LogP contribution < -0.4 is 10.2 Å². The zero-order chi connectivity index (χ0) is 17.3. The van der Waals surface area contributed by atoms with Crippen molar-refractivity contribution in [1.82, 2.24) is 15.3 Å². The molecule has 0 amide bonds. The third-order valence-corrected chi connectivity index (χ3v) is 6.23. The Balaban J connectivity index is 1.61. The van der Waals surface area contributed by atoms with Gasteiger partial charge in [0.2, 0.25) is 0 Å². The molecule has 2 fully saturated rings. The lowest BCUT2D eigenvalue weighted by Gasteiger charge is -2.39. The van der Waals surface area contributed by atoms with Gasteiger partial charge in [-0.05, 0) is 25.7 Å². The topological polar surface area (TPSA) is 70.5 Å². The van der Waals surface area contributed by atoms with Gasteiger partial charge in [-0.2, -0.15) is 0 Å². The standard InChI is InChI=1S/C19H30N4O2/c1-23(12-19(13-24)6-8-25-9-7-19)18-15-10-20-11-16(15)21-17(22-18)14-4-2-3-5-14/h14,20,24H,2-13H2,1H3. The molecule has 3 heterocycles. The molecule has 6 nitrogen and oxygen atoms in total. The number of nitrogens with one attached hydrogen (secondary N) is 1. The van der Waals surface area contributed by atoms with E-state index in [0.29, 0.717) is 5.92 Å². The molecular weight excluding hydrogens is 316 g/mol. The van der Waals surface area contributed by atoms with E-state index in [1.165, 1.54) is 36.9 Å². The lowest BCUT2D eigenvalue weighted by molar-refractivity contribution is -0.0113. The van der Waals surface area contributed by atoms with Gasteiger partial charge >= 0.3 is 0 Å². The summed E-state index contributed by atoms with van der Waals surface area (Å²) in [6.07, 6.45) is 6.84. The monoisotopic (exact) mass is 346 g/mol. The second-order valence-corrected chi connectivity index (χ2v) is 8.04. The lowest BCUT2D eigenvalue weighted by atomic mass is 9.80. The number of rotatable bonds is 5. The molecule has 1 aliphatic carbocycles. The molecule has 1 aromatic heterocycles. The Labute approximate surface area is 150 Å². The molecular formula is C19H30N4O2. The van der Waals surface area contributed by atoms with Crippen molar-refractivity contribution >= 4 is 5.82 Å². The normalized spacial score (nSPS) is 23.0. The third kappa shape index (κ3) is 3.39. The van der Waals surface area contributed by atoms with Gasteiger partial charge in [-0.15, -0.1) is 0 Å². The second-order valence-electron chi connectivity index (χ2n) is 8.04. The molecule has 3 aliphatic rings. The highest BCUT2D eigenvalue weighted by Gasteiger charge is 2.35. The molecule has 1 aromatic rings. The van der Waals surface area contributed by atoms with Crippen LogP contribution >= 0.6 is 0 Å². The van der Waals surface area contributed by atoms with E-state index in [2.05, 4.69) is 17.3 Å². The number of nitrogens with zero attached hydrogens (tertiary/aromatic N) is 3. The van der Waals surface area contributed by atoms with Crippen molar-refractivity contribution < 1.29 is 9.84 Å². The molecule has 4 rings (SSSR count). The first-order valence-electron chi connectivity index (χ1n) is 9.71. The van der Waals surface area contributed by atoms with Gasteiger partial charge in [0.05, 0.1) is 12.3 Å². The van der Waals surface area contributed by atoms with Crippen molar-refractivity contribution in [3.05, 3.63) is 17.1 Å². The highest BCUT2D eigenvalue weighted by Crippen LogP contribution is 2.36. The number of hydrogen-bond donors (Lipinski definition) is 2. The van der Waals surface area contributed by atoms with Gasteiger partial charge in [0.25, 0.3) is 0 Å². The number of anilines is 1. The van der Waals surface area contributed by atoms with Crippen LogP contribution in [0.2, 0.25) is 0 Å². The van der Waals surface area contributed by atoms with Crippen LogP contribution in [0.25, 0.3) is 0 Å². The minimum Gasteiger partial charge on any atom is -0.396 e. The fraction of sp³-hybridized carbons (Fsp3) is 0.789. The van der Waals surface area contributed by atoms with Gasteiger partial charge in [-0.3, -0.25) is 0 Å². The van der Waals surface area contributed by atoms with Gasteiger partial charge in [0.15, 0.2) is 0 Å². The molecule has 0 bridgehead atoms. The van der Waals surface area contributed by atoms with Crippen molar-refractivity contribution in [2.24, 2.45) is 5.41 Å². The largest absolute Gasteiger partial charge is 0.396 e. The maximum Gasteiger partial charge on any atom is 0.136 e. The molecule has 0 spiro atoms. The van der Waals surface area contributed by atoms with E-state index in [0.717, 1.165) is 57.3 Å². The zero-order valence-corrected chi connectivity index (χ0v) is 15.3. The summed E-state index contributed by atoms with van der Waals surface area (Å²) >= 11 is 0. The highest BCUT2D eigenvalue weighted by atomic mass is 16.5. The Morgan fingerprint density at radius 1 is 1.20 bits per heavy atom. The van der Waals surface area contributed by atoms with Gasteiger partial charge < -0.3 is 20.1 Å². The Hall–Kier alpha value is -1.24. The highest BCUT2D eigenvalue weighted by molar-refractivity contribution is 5.50. The number of aliphatic hydroxyl groups excluding tert-OH is 1. The molecule has 0 aromatic carbocycles. The number of fused-ring (bicyclic) bond motifs is 1. The Morgan fingerprint density at radius 2 is 1.96 bits per heavy atom. The SMILES string of the molecule is CN(CC1(CO)CCOCC1)c1nc(C2CCCC2)nc2c1CNC2. The molecule has 2 aliphatic heterocycles. The van der Waals surface area contributed by atoms with E-state index in [4.69, 9.17) is 14.7 Å². The molecule has 0 radical (unpaired) electrons. The van der Waals surface area contributed by atoms with Crippen LogP contribution in [0.4, 0.5) is 5.82 Å². The van der Waals surface area contributed by atoms with E-state index in [1.54, 1.807) is 0 Å². The summed E-state index contributed by atoms with van der Waals surface area (Å²) in [5, 5.41) is 13.5. The fourth-order valence-corrected chi connectivity index (χ4v) is 4.60. The Bertz CT molecular complexity index is 610. The van der Waals surface area contributed by atoms with Gasteiger partial charge in [-0.1, -0.05) is 12.8 Å². The van der Waals surface area contributed by atoms with E-state index in [-0.39, 0.29) is 12.0 Å². The quantitative estimate of drug-likeness (QED) is 0.849. The first-order chi connectivity index (χ1) is 12.2. The maximum atomic E-state index is 10.0. The van der Waals surface area contributed by atoms with Gasteiger partial charge in [-0.25, -0.2) is 9.97 Å². The molecule has 6 heteroatoms. The van der Waals surface area contributed by atoms with Crippen molar-refractivity contribution in [3.63, 3.8) is 0 Å². The van der Waals surface area contributed by atoms with Crippen LogP contribution in [-0.2, 0) is 17.8 Å². The van der Waals surface area contributed by atoms with E-state index in [9.17, 15) is 5.11 Å². The van der Waals surface area contributed by atoms with Gasteiger partial charge in [0, 0.05) is 56.8 Å². The predicted molar refractivity (Wildman–Crippen MR) is 96.6 cm³/mol. The third-order valence-electron chi connectivity index (χ3n) is 6.23. The summed E-state index contributed by atoms with van der Waals surface area (Å²) < 4.78 is 5.51. The summed E-state index contributed by atoms with van der Waals surface area (Å²) in [4.78, 5) is 12.2. The minimum atomic E-state index is -0.0790. The van der Waals surface area contributed by atoms with Gasteiger partial charge in [0.1, 0.15) is 11.6 Å². The second kappa shape index (κ2) is 7.17. The average molecular weight is 346 g/mol. The zero-order valence-electron chi connectivity index (χ0n) is 15.3. The Morgan fingerprint density at radius 3 is 2.68 bits per heavy atom. The van der Waals surface area contributed by atoms with Crippen LogP contribution in [0.1, 0.15) is 61.5 Å². The van der Waals surface area contributed by atoms with E-state index < -0.39 is 0 Å². The fourth-order valence-electron chi connectivity index (χ4n) is 4.60. The summed E-state index contributed by atoms with van der Waals surface area (Å²) in [5.41, 5.74) is 2.33. The van der Waals surface area contributed by atoms with Crippen molar-refractivity contribution in [3.8, 4) is 0 Å². The summed E-state index contributed by atoms with van der Waals surface area (Å²) in [5.74, 6) is 2.62. The minimum absolute atomic E-state index is 0.0790. The molecule has 1 saturated carbocycles. The van der Waals surface area contributed by atoms with Crippen molar-refractivity contribution in [1.29, 1.82) is 0 Å². The predicted octanol–water partition coefficient (Wildman–Crippen LogP) is 1.96. The van der Waals surface area contributed by atoms with Crippen LogP contribution in [0.3, 0.4) is 0 Å². The van der Waals surface area contributed by atoms with Crippen LogP contribution in [0, 0.1) is 5.41 Å². The van der Waals surface area contributed by atoms with Crippen LogP contribution in [0.15, 0.2) is 0 Å².